The number of hydrogen-bond acceptors (Lipinski definition) is 11. The number of aromatic nitrogens is 1. The number of rotatable bonds is 14. The Hall–Kier alpha value is -4.89. The highest BCUT2D eigenvalue weighted by Gasteiger charge is 2.33. The van der Waals surface area contributed by atoms with Gasteiger partial charge in [0.25, 0.3) is 20.0 Å². The number of benzene rings is 3. The summed E-state index contributed by atoms with van der Waals surface area (Å²) in [4.78, 5) is 29.5. The molecule has 0 atom stereocenters. The van der Waals surface area contributed by atoms with Crippen molar-refractivity contribution in [1.82, 2.24) is 4.98 Å². The zero-order chi connectivity index (χ0) is 33.5. The maximum Gasteiger partial charge on any atom is 0.326 e. The van der Waals surface area contributed by atoms with E-state index in [4.69, 9.17) is 18.9 Å². The monoisotopic (exact) mass is 671 g/mol. The first kappa shape index (κ1) is 34.0. The summed E-state index contributed by atoms with van der Waals surface area (Å²) in [5, 5.41) is 0.410. The Morgan fingerprint density at radius 1 is 0.652 bits per heavy atom. The van der Waals surface area contributed by atoms with E-state index >= 15 is 0 Å². The predicted octanol–water partition coefficient (Wildman–Crippen LogP) is 3.77. The molecule has 0 fully saturated rings. The average molecular weight is 672 g/mol. The second-order valence-corrected chi connectivity index (χ2v) is 13.2. The van der Waals surface area contributed by atoms with Crippen LogP contribution in [0, 0.1) is 0 Å². The van der Waals surface area contributed by atoms with Crippen molar-refractivity contribution in [1.29, 1.82) is 0 Å². The molecule has 1 heterocycles. The lowest BCUT2D eigenvalue weighted by Crippen LogP contribution is -2.38. The number of hydrogen-bond donors (Lipinski definition) is 0. The quantitative estimate of drug-likeness (QED) is 0.180. The molecule has 13 nitrogen and oxygen atoms in total. The normalized spacial score (nSPS) is 11.5. The van der Waals surface area contributed by atoms with Gasteiger partial charge < -0.3 is 18.9 Å². The first-order valence-corrected chi connectivity index (χ1v) is 16.9. The Bertz CT molecular complexity index is 1770. The summed E-state index contributed by atoms with van der Waals surface area (Å²) in [5.41, 5.74) is -0.0267. The van der Waals surface area contributed by atoms with E-state index in [1.54, 1.807) is 32.0 Å². The summed E-state index contributed by atoms with van der Waals surface area (Å²) >= 11 is 0. The van der Waals surface area contributed by atoms with Gasteiger partial charge in [-0.2, -0.15) is 0 Å². The van der Waals surface area contributed by atoms with Crippen LogP contribution in [0.1, 0.15) is 13.8 Å². The Kier molecular flexibility index (Phi) is 10.7. The lowest BCUT2D eigenvalue weighted by Gasteiger charge is -2.27. The molecule has 0 unspecified atom stereocenters. The molecule has 0 aliphatic carbocycles. The minimum atomic E-state index is -4.42. The minimum absolute atomic E-state index is 0.00834. The molecule has 244 valence electrons. The van der Waals surface area contributed by atoms with Gasteiger partial charge in [0.2, 0.25) is 0 Å². The Morgan fingerprint density at radius 3 is 1.54 bits per heavy atom. The van der Waals surface area contributed by atoms with Gasteiger partial charge in [0.05, 0.1) is 49.1 Å². The Labute approximate surface area is 267 Å². The third kappa shape index (κ3) is 7.15. The van der Waals surface area contributed by atoms with Gasteiger partial charge in [-0.05, 0) is 62.4 Å². The van der Waals surface area contributed by atoms with Crippen LogP contribution in [-0.4, -0.2) is 74.3 Å². The van der Waals surface area contributed by atoms with Gasteiger partial charge in [-0.25, -0.2) is 26.1 Å². The summed E-state index contributed by atoms with van der Waals surface area (Å²) in [6.45, 7) is 1.77. The molecule has 15 heteroatoms. The van der Waals surface area contributed by atoms with E-state index in [0.717, 1.165) is 14.8 Å². The second-order valence-electron chi connectivity index (χ2n) is 9.50. The molecule has 4 rings (SSSR count). The van der Waals surface area contributed by atoms with Gasteiger partial charge >= 0.3 is 11.9 Å². The Morgan fingerprint density at radius 2 is 1.09 bits per heavy atom. The van der Waals surface area contributed by atoms with Crippen LogP contribution in [0.2, 0.25) is 0 Å². The van der Waals surface area contributed by atoms with Crippen LogP contribution in [0.3, 0.4) is 0 Å². The lowest BCUT2D eigenvalue weighted by atomic mass is 10.1. The van der Waals surface area contributed by atoms with Gasteiger partial charge in [-0.1, -0.05) is 24.3 Å². The smallest absolute Gasteiger partial charge is 0.326 e. The van der Waals surface area contributed by atoms with E-state index in [1.807, 2.05) is 0 Å². The average Bonchev–Trinajstić information content (AvgIpc) is 3.06. The van der Waals surface area contributed by atoms with Gasteiger partial charge in [-0.3, -0.25) is 13.9 Å². The topological polar surface area (TPSA) is 159 Å². The molecule has 0 bridgehead atoms. The number of pyridine rings is 1. The summed E-state index contributed by atoms with van der Waals surface area (Å²) in [7, 11) is -5.95. The number of fused-ring (bicyclic) bond motifs is 1. The molecule has 0 aliphatic rings. The fraction of sp³-hybridized carbons (Fsp3) is 0.258. The van der Waals surface area contributed by atoms with Crippen molar-refractivity contribution in [2.24, 2.45) is 0 Å². The van der Waals surface area contributed by atoms with Crippen molar-refractivity contribution in [3.8, 4) is 11.5 Å². The van der Waals surface area contributed by atoms with E-state index in [9.17, 15) is 26.4 Å². The van der Waals surface area contributed by atoms with Crippen LogP contribution in [0.5, 0.6) is 11.5 Å². The highest BCUT2D eigenvalue weighted by atomic mass is 32.2. The summed E-state index contributed by atoms with van der Waals surface area (Å²) < 4.78 is 78.1. The molecule has 0 N–H and O–H groups in total. The molecule has 3 aromatic carbocycles. The zero-order valence-corrected chi connectivity index (χ0v) is 27.2. The number of carbonyl (C=O) groups excluding carboxylic acids is 2. The van der Waals surface area contributed by atoms with Crippen molar-refractivity contribution in [3.05, 3.63) is 79.0 Å². The van der Waals surface area contributed by atoms with Crippen LogP contribution >= 0.6 is 0 Å². The second kappa shape index (κ2) is 14.5. The molecule has 4 aromatic rings. The molecular weight excluding hydrogens is 638 g/mol. The van der Waals surface area contributed by atoms with Crippen LogP contribution < -0.4 is 18.1 Å². The van der Waals surface area contributed by atoms with E-state index in [1.165, 1.54) is 68.8 Å². The van der Waals surface area contributed by atoms with Gasteiger partial charge in [0.15, 0.2) is 5.82 Å². The van der Waals surface area contributed by atoms with E-state index in [0.29, 0.717) is 11.5 Å². The summed E-state index contributed by atoms with van der Waals surface area (Å²) in [6.07, 6.45) is 1.14. The predicted molar refractivity (Wildman–Crippen MR) is 170 cm³/mol. The van der Waals surface area contributed by atoms with Crippen molar-refractivity contribution in [2.75, 3.05) is 49.1 Å². The zero-order valence-electron chi connectivity index (χ0n) is 25.6. The molecule has 0 saturated heterocycles. The SMILES string of the molecule is CCOC(=O)CN(c1cnc(N(CC(=O)OCC)S(=O)(=O)c2ccc(OC)cc2)c2ccccc12)S(=O)(=O)c1ccc(OC)cc1. The number of sulfonamides is 2. The molecule has 0 spiro atoms. The van der Waals surface area contributed by atoms with Crippen LogP contribution in [-0.2, 0) is 39.1 Å². The summed E-state index contributed by atoms with van der Waals surface area (Å²) in [5.74, 6) is -0.976. The fourth-order valence-electron chi connectivity index (χ4n) is 4.53. The summed E-state index contributed by atoms with van der Waals surface area (Å²) in [6, 6.07) is 17.5. The molecule has 0 aliphatic heterocycles. The molecule has 46 heavy (non-hydrogen) atoms. The van der Waals surface area contributed by atoms with Crippen molar-refractivity contribution >= 4 is 54.3 Å². The van der Waals surface area contributed by atoms with Crippen LogP contribution in [0.15, 0.2) is 88.8 Å². The first-order chi connectivity index (χ1) is 22.0. The standard InChI is InChI=1S/C31H33N3O10S2/c1-5-43-29(35)20-33(45(37,38)24-15-11-22(41-3)12-16-24)28-19-32-31(27-10-8-7-9-26(27)28)34(21-30(36)44-6-2)46(39,40)25-17-13-23(42-4)14-18-25/h7-19H,5-6,20-21H2,1-4H3. The maximum atomic E-state index is 14.0. The van der Waals surface area contributed by atoms with Crippen molar-refractivity contribution < 1.29 is 45.4 Å². The Balaban J connectivity index is 1.93. The number of methoxy groups -OCH3 is 2. The van der Waals surface area contributed by atoms with Crippen LogP contribution in [0.4, 0.5) is 11.5 Å². The molecule has 0 saturated carbocycles. The van der Waals surface area contributed by atoms with Crippen LogP contribution in [0.25, 0.3) is 10.8 Å². The third-order valence-electron chi connectivity index (χ3n) is 6.71. The highest BCUT2D eigenvalue weighted by molar-refractivity contribution is 7.93. The lowest BCUT2D eigenvalue weighted by molar-refractivity contribution is -0.142. The van der Waals surface area contributed by atoms with Gasteiger partial charge in [0.1, 0.15) is 24.6 Å². The van der Waals surface area contributed by atoms with Crippen molar-refractivity contribution in [2.45, 2.75) is 23.6 Å². The van der Waals surface area contributed by atoms with Crippen molar-refractivity contribution in [3.63, 3.8) is 0 Å². The fourth-order valence-corrected chi connectivity index (χ4v) is 7.33. The minimum Gasteiger partial charge on any atom is -0.497 e. The number of nitrogens with zero attached hydrogens (tertiary/aromatic N) is 3. The third-order valence-corrected chi connectivity index (χ3v) is 10.2. The first-order valence-electron chi connectivity index (χ1n) is 14.0. The largest absolute Gasteiger partial charge is 0.497 e. The van der Waals surface area contributed by atoms with Gasteiger partial charge in [0, 0.05) is 10.8 Å². The maximum absolute atomic E-state index is 14.0. The van der Waals surface area contributed by atoms with E-state index in [-0.39, 0.29) is 45.3 Å². The van der Waals surface area contributed by atoms with E-state index < -0.39 is 45.1 Å². The molecule has 1 aromatic heterocycles. The van der Waals surface area contributed by atoms with Gasteiger partial charge in [-0.15, -0.1) is 0 Å². The highest BCUT2D eigenvalue weighted by Crippen LogP contribution is 2.37. The van der Waals surface area contributed by atoms with E-state index in [2.05, 4.69) is 4.98 Å². The molecular formula is C31H33N3O10S2. The number of carbonyl (C=O) groups is 2. The number of esters is 2. The number of ether oxygens (including phenoxy) is 4. The number of anilines is 2. The molecule has 0 radical (unpaired) electrons. The molecule has 0 amide bonds.